The quantitative estimate of drug-likeness (QED) is 0.193. The highest BCUT2D eigenvalue weighted by molar-refractivity contribution is 6.99. The number of carbonyl (C=O) groups excluding carboxylic acids is 2. The number of amides is 1. The van der Waals surface area contributed by atoms with Crippen LogP contribution in [0.3, 0.4) is 0 Å². The van der Waals surface area contributed by atoms with E-state index in [1.807, 2.05) is 77.1 Å². The first kappa shape index (κ1) is 36.3. The highest BCUT2D eigenvalue weighted by Crippen LogP contribution is 2.44. The largest absolute Gasteiger partial charge is 0.444 e. The van der Waals surface area contributed by atoms with Crippen LogP contribution in [0.1, 0.15) is 67.4 Å². The predicted octanol–water partition coefficient (Wildman–Crippen LogP) is 6.18. The molecule has 3 heterocycles. The average molecular weight is 702 g/mol. The number of cyclic esters (lactones) is 1. The lowest BCUT2D eigenvalue weighted by molar-refractivity contribution is -0.191. The van der Waals surface area contributed by atoms with Crippen molar-refractivity contribution in [1.82, 2.24) is 4.90 Å². The molecule has 268 valence electrons. The lowest BCUT2D eigenvalue weighted by Gasteiger charge is -2.43. The Morgan fingerprint density at radius 2 is 1.32 bits per heavy atom. The first-order valence-corrected chi connectivity index (χ1v) is 19.5. The third kappa shape index (κ3) is 7.14. The van der Waals surface area contributed by atoms with E-state index in [2.05, 4.69) is 69.3 Å². The smallest absolute Gasteiger partial charge is 0.413 e. The molecule has 0 aromatic heterocycles. The van der Waals surface area contributed by atoms with Gasteiger partial charge in [-0.05, 0) is 34.8 Å². The maximum absolute atomic E-state index is 13.7. The molecule has 3 aromatic rings. The van der Waals surface area contributed by atoms with Gasteiger partial charge in [-0.2, -0.15) is 0 Å². The van der Waals surface area contributed by atoms with Gasteiger partial charge in [-0.3, -0.25) is 4.90 Å². The molecule has 0 unspecified atom stereocenters. The molecule has 3 aliphatic rings. The van der Waals surface area contributed by atoms with Crippen molar-refractivity contribution in [3.05, 3.63) is 96.6 Å². The Labute approximate surface area is 297 Å². The Kier molecular flexibility index (Phi) is 10.1. The van der Waals surface area contributed by atoms with Crippen LogP contribution in [-0.4, -0.2) is 74.4 Å². The molecule has 0 bridgehead atoms. The molecule has 3 saturated heterocycles. The van der Waals surface area contributed by atoms with E-state index in [9.17, 15) is 9.59 Å². The summed E-state index contributed by atoms with van der Waals surface area (Å²) in [6, 6.07) is 29.5. The summed E-state index contributed by atoms with van der Waals surface area (Å²) >= 11 is 0. The van der Waals surface area contributed by atoms with Crippen molar-refractivity contribution in [3.8, 4) is 0 Å². The maximum atomic E-state index is 13.7. The lowest BCUT2D eigenvalue weighted by Crippen LogP contribution is -2.67. The van der Waals surface area contributed by atoms with Crippen LogP contribution in [-0.2, 0) is 39.5 Å². The van der Waals surface area contributed by atoms with Gasteiger partial charge in [-0.15, -0.1) is 0 Å². The van der Waals surface area contributed by atoms with E-state index in [0.717, 1.165) is 5.56 Å². The monoisotopic (exact) mass is 701 g/mol. The summed E-state index contributed by atoms with van der Waals surface area (Å²) in [7, 11) is -2.88. The summed E-state index contributed by atoms with van der Waals surface area (Å²) in [6.07, 6.45) is -3.26. The van der Waals surface area contributed by atoms with E-state index in [0.29, 0.717) is 0 Å². The Bertz CT molecular complexity index is 1580. The van der Waals surface area contributed by atoms with Crippen LogP contribution in [0.2, 0.25) is 5.04 Å². The van der Waals surface area contributed by atoms with E-state index in [1.54, 1.807) is 0 Å². The number of nitrogens with zero attached hydrogens (tertiary/aromatic N) is 1. The van der Waals surface area contributed by atoms with Gasteiger partial charge in [0.25, 0.3) is 8.32 Å². The Hall–Kier alpha value is -3.54. The molecule has 3 aliphatic heterocycles. The number of fused-ring (bicyclic) bond motifs is 1. The molecule has 6 rings (SSSR count). The Balaban J connectivity index is 1.27. The van der Waals surface area contributed by atoms with Crippen LogP contribution in [0.5, 0.6) is 0 Å². The summed E-state index contributed by atoms with van der Waals surface area (Å²) in [5.74, 6) is -1.36. The van der Waals surface area contributed by atoms with Crippen molar-refractivity contribution in [3.63, 3.8) is 0 Å². The second kappa shape index (κ2) is 13.9. The fourth-order valence-electron chi connectivity index (χ4n) is 7.63. The van der Waals surface area contributed by atoms with Gasteiger partial charge in [0.15, 0.2) is 12.0 Å². The van der Waals surface area contributed by atoms with Crippen LogP contribution in [0.4, 0.5) is 4.79 Å². The van der Waals surface area contributed by atoms with E-state index in [4.69, 9.17) is 28.1 Å². The number of carbonyl (C=O) groups is 2. The van der Waals surface area contributed by atoms with Crippen LogP contribution in [0.25, 0.3) is 0 Å². The molecule has 3 fully saturated rings. The molecule has 9 nitrogen and oxygen atoms in total. The molecule has 3 aromatic carbocycles. The predicted molar refractivity (Wildman–Crippen MR) is 192 cm³/mol. The summed E-state index contributed by atoms with van der Waals surface area (Å²) in [5.41, 5.74) is 0.289. The first-order valence-electron chi connectivity index (χ1n) is 17.6. The van der Waals surface area contributed by atoms with Gasteiger partial charge in [0.2, 0.25) is 0 Å². The molecule has 0 spiro atoms. The molecule has 1 amide bonds. The zero-order chi connectivity index (χ0) is 35.9. The topological polar surface area (TPSA) is 92.8 Å². The van der Waals surface area contributed by atoms with Crippen molar-refractivity contribution in [1.29, 1.82) is 0 Å². The molecule has 50 heavy (non-hydrogen) atoms. The van der Waals surface area contributed by atoms with E-state index in [-0.39, 0.29) is 24.7 Å². The summed E-state index contributed by atoms with van der Waals surface area (Å²) in [5, 5.41) is 2.11. The molecular weight excluding hydrogens is 651 g/mol. The normalized spacial score (nSPS) is 26.5. The van der Waals surface area contributed by atoms with Crippen molar-refractivity contribution in [2.45, 2.75) is 116 Å². The second-order valence-electron chi connectivity index (χ2n) is 16.1. The number of esters is 1. The number of hydrogen-bond donors (Lipinski definition) is 0. The maximum Gasteiger partial charge on any atom is 0.413 e. The van der Waals surface area contributed by atoms with Gasteiger partial charge >= 0.3 is 12.1 Å². The van der Waals surface area contributed by atoms with Gasteiger partial charge < -0.3 is 28.1 Å². The van der Waals surface area contributed by atoms with Crippen molar-refractivity contribution in [2.24, 2.45) is 5.41 Å². The minimum atomic E-state index is -2.88. The number of hydrogen-bond acceptors (Lipinski definition) is 8. The summed E-state index contributed by atoms with van der Waals surface area (Å²) < 4.78 is 38.6. The van der Waals surface area contributed by atoms with Gasteiger partial charge in [0, 0.05) is 11.8 Å². The van der Waals surface area contributed by atoms with E-state index < -0.39 is 68.3 Å². The van der Waals surface area contributed by atoms with E-state index in [1.165, 1.54) is 15.3 Å². The minimum Gasteiger partial charge on any atom is -0.444 e. The summed E-state index contributed by atoms with van der Waals surface area (Å²) in [6.45, 7) is 16.6. The molecule has 10 heteroatoms. The van der Waals surface area contributed by atoms with Crippen LogP contribution in [0.15, 0.2) is 91.0 Å². The average Bonchev–Trinajstić information content (AvgIpc) is 3.69. The van der Waals surface area contributed by atoms with Crippen molar-refractivity contribution in [2.75, 3.05) is 6.61 Å². The highest BCUT2D eigenvalue weighted by Gasteiger charge is 2.60. The number of ether oxygens (including phenoxy) is 5. The third-order valence-corrected chi connectivity index (χ3v) is 14.8. The first-order chi connectivity index (χ1) is 23.6. The molecule has 0 saturated carbocycles. The standard InChI is InChI=1S/C40H51NO8Si/c1-38(2,3)36-41(37(43)44-25-27-18-12-9-13-19-27)30(35(42)47-36)24-31-33-34(49-40(7,8)48-33)32(46-31)26-45-50(39(4,5)6,28-20-14-10-15-21-28)29-22-16-11-17-23-29/h9-23,30-34,36H,24-26H2,1-8H3/t30-,31-,32+,33-,34+,36-/m0/s1. The van der Waals surface area contributed by atoms with Gasteiger partial charge in [-0.1, -0.05) is 133 Å². The SMILES string of the molecule is CC1(C)O[C@@H]2[C@H](O1)[C@@H](CO[Si](c1ccccc1)(c1ccccc1)C(C)(C)C)O[C@H]2C[C@H]1C(=O)O[C@@H](C(C)(C)C)N1C(=O)OCc1ccccc1. The van der Waals surface area contributed by atoms with Crippen LogP contribution >= 0.6 is 0 Å². The minimum absolute atomic E-state index is 0.0748. The van der Waals surface area contributed by atoms with Gasteiger partial charge in [-0.25, -0.2) is 9.59 Å². The zero-order valence-electron chi connectivity index (χ0n) is 30.5. The second-order valence-corrected chi connectivity index (χ2v) is 20.4. The van der Waals surface area contributed by atoms with Gasteiger partial charge in [0.1, 0.15) is 31.0 Å². The fraction of sp³-hybridized carbons (Fsp3) is 0.500. The molecule has 0 radical (unpaired) electrons. The number of benzene rings is 3. The molecule has 0 aliphatic carbocycles. The Morgan fingerprint density at radius 3 is 1.84 bits per heavy atom. The Morgan fingerprint density at radius 1 is 0.800 bits per heavy atom. The fourth-order valence-corrected chi connectivity index (χ4v) is 12.2. The van der Waals surface area contributed by atoms with Crippen LogP contribution in [0, 0.1) is 5.41 Å². The van der Waals surface area contributed by atoms with Crippen molar-refractivity contribution >= 4 is 30.8 Å². The number of rotatable bonds is 9. The third-order valence-electron chi connectivity index (χ3n) is 9.83. The van der Waals surface area contributed by atoms with Crippen LogP contribution < -0.4 is 10.4 Å². The van der Waals surface area contributed by atoms with Crippen molar-refractivity contribution < 1.29 is 37.7 Å². The molecular formula is C40H51NO8Si. The van der Waals surface area contributed by atoms with Gasteiger partial charge in [0.05, 0.1) is 12.7 Å². The molecule has 6 atom stereocenters. The van der Waals surface area contributed by atoms with E-state index >= 15 is 0 Å². The highest BCUT2D eigenvalue weighted by atomic mass is 28.4. The molecule has 0 N–H and O–H groups in total. The lowest BCUT2D eigenvalue weighted by atomic mass is 9.93. The zero-order valence-corrected chi connectivity index (χ0v) is 31.5. The summed E-state index contributed by atoms with van der Waals surface area (Å²) in [4.78, 5) is 28.7.